The monoisotopic (exact) mass is 389 g/mol. The van der Waals surface area contributed by atoms with E-state index in [4.69, 9.17) is 21.1 Å². The number of aromatic hydroxyl groups is 1. The number of benzene rings is 2. The van der Waals surface area contributed by atoms with Crippen LogP contribution in [0.4, 0.5) is 0 Å². The number of hydrogen-bond donors (Lipinski definition) is 2. The fourth-order valence-corrected chi connectivity index (χ4v) is 2.53. The predicted octanol–water partition coefficient (Wildman–Crippen LogP) is 3.49. The van der Waals surface area contributed by atoms with Gasteiger partial charge < -0.3 is 19.9 Å². The molecule has 2 rings (SSSR count). The van der Waals surface area contributed by atoms with Gasteiger partial charge in [0.25, 0.3) is 0 Å². The van der Waals surface area contributed by atoms with E-state index in [0.29, 0.717) is 16.2 Å². The Morgan fingerprint density at radius 1 is 1.15 bits per heavy atom. The second-order valence-electron chi connectivity index (χ2n) is 5.74. The van der Waals surface area contributed by atoms with Gasteiger partial charge in [0.2, 0.25) is 5.91 Å². The topological polar surface area (TPSA) is 84.9 Å². The van der Waals surface area contributed by atoms with Crippen molar-refractivity contribution in [2.45, 2.75) is 13.0 Å². The molecule has 0 saturated heterocycles. The highest BCUT2D eigenvalue weighted by Gasteiger charge is 2.25. The number of ether oxygens (including phenoxy) is 2. The molecule has 0 aliphatic rings. The van der Waals surface area contributed by atoms with Crippen molar-refractivity contribution < 1.29 is 24.2 Å². The molecule has 0 aliphatic carbocycles. The van der Waals surface area contributed by atoms with Crippen LogP contribution in [0.15, 0.2) is 48.0 Å². The van der Waals surface area contributed by atoms with Crippen LogP contribution in [0.25, 0.3) is 6.08 Å². The van der Waals surface area contributed by atoms with E-state index in [9.17, 15) is 14.7 Å². The molecule has 142 valence electrons. The van der Waals surface area contributed by atoms with Gasteiger partial charge in [0.05, 0.1) is 14.2 Å². The van der Waals surface area contributed by atoms with Crippen LogP contribution in [0, 0.1) is 0 Å². The van der Waals surface area contributed by atoms with Gasteiger partial charge in [0.1, 0.15) is 0 Å². The molecule has 0 heterocycles. The molecule has 1 atom stereocenters. The van der Waals surface area contributed by atoms with Crippen LogP contribution in [-0.2, 0) is 14.3 Å². The van der Waals surface area contributed by atoms with Crippen LogP contribution in [0.3, 0.4) is 0 Å². The zero-order valence-corrected chi connectivity index (χ0v) is 15.9. The van der Waals surface area contributed by atoms with Crippen molar-refractivity contribution in [3.05, 3.63) is 64.2 Å². The number of carbonyl (C=O) groups is 2. The Bertz CT molecular complexity index is 861. The Balaban J connectivity index is 2.25. The lowest BCUT2D eigenvalue weighted by Gasteiger charge is -2.18. The van der Waals surface area contributed by atoms with Crippen molar-refractivity contribution in [1.29, 1.82) is 0 Å². The highest BCUT2D eigenvalue weighted by molar-refractivity contribution is 6.30. The van der Waals surface area contributed by atoms with Gasteiger partial charge in [-0.25, -0.2) is 4.79 Å². The zero-order valence-electron chi connectivity index (χ0n) is 15.2. The SMILES string of the molecule is COC(=O)C(NC(=O)/C(C)=C/c1ccc(Cl)cc1)c1ccc(OC)c(O)c1. The maximum Gasteiger partial charge on any atom is 0.333 e. The number of phenols is 1. The normalized spacial score (nSPS) is 12.2. The molecule has 0 aromatic heterocycles. The number of phenolic OH excluding ortho intramolecular Hbond substituents is 1. The lowest BCUT2D eigenvalue weighted by Crippen LogP contribution is -2.34. The van der Waals surface area contributed by atoms with Crippen LogP contribution < -0.4 is 10.1 Å². The summed E-state index contributed by atoms with van der Waals surface area (Å²) in [5.74, 6) is -0.998. The molecule has 2 aromatic carbocycles. The van der Waals surface area contributed by atoms with Crippen LogP contribution in [-0.4, -0.2) is 31.2 Å². The summed E-state index contributed by atoms with van der Waals surface area (Å²) in [6.07, 6.45) is 1.67. The van der Waals surface area contributed by atoms with Crippen molar-refractivity contribution in [3.63, 3.8) is 0 Å². The molecule has 1 amide bonds. The molecule has 0 fully saturated rings. The van der Waals surface area contributed by atoms with Gasteiger partial charge in [-0.05, 0) is 48.4 Å². The molecule has 0 saturated carbocycles. The first kappa shape index (κ1) is 20.3. The summed E-state index contributed by atoms with van der Waals surface area (Å²) < 4.78 is 9.76. The van der Waals surface area contributed by atoms with Crippen LogP contribution in [0.1, 0.15) is 24.1 Å². The maximum absolute atomic E-state index is 12.5. The third-order valence-electron chi connectivity index (χ3n) is 3.86. The lowest BCUT2D eigenvalue weighted by molar-refractivity contribution is -0.144. The van der Waals surface area contributed by atoms with Crippen LogP contribution in [0.5, 0.6) is 11.5 Å². The van der Waals surface area contributed by atoms with Gasteiger partial charge in [-0.2, -0.15) is 0 Å². The largest absolute Gasteiger partial charge is 0.504 e. The van der Waals surface area contributed by atoms with Gasteiger partial charge in [-0.3, -0.25) is 4.79 Å². The summed E-state index contributed by atoms with van der Waals surface area (Å²) in [6.45, 7) is 1.63. The summed E-state index contributed by atoms with van der Waals surface area (Å²) in [7, 11) is 2.64. The summed E-state index contributed by atoms with van der Waals surface area (Å²) in [5.41, 5.74) is 1.56. The van der Waals surface area contributed by atoms with Crippen molar-refractivity contribution in [2.24, 2.45) is 0 Å². The second-order valence-corrected chi connectivity index (χ2v) is 6.18. The molecule has 1 unspecified atom stereocenters. The average Bonchev–Trinajstić information content (AvgIpc) is 2.66. The summed E-state index contributed by atoms with van der Waals surface area (Å²) in [4.78, 5) is 24.7. The second kappa shape index (κ2) is 9.09. The number of amides is 1. The molecule has 6 nitrogen and oxygen atoms in total. The highest BCUT2D eigenvalue weighted by Crippen LogP contribution is 2.29. The minimum atomic E-state index is -1.08. The Hall–Kier alpha value is -2.99. The van der Waals surface area contributed by atoms with E-state index in [1.807, 2.05) is 0 Å². The number of methoxy groups -OCH3 is 2. The fraction of sp³-hybridized carbons (Fsp3) is 0.200. The number of nitrogens with one attached hydrogen (secondary N) is 1. The Morgan fingerprint density at radius 3 is 2.37 bits per heavy atom. The minimum absolute atomic E-state index is 0.147. The summed E-state index contributed by atoms with van der Waals surface area (Å²) in [6, 6.07) is 10.3. The first-order valence-electron chi connectivity index (χ1n) is 8.05. The molecule has 0 spiro atoms. The van der Waals surface area contributed by atoms with Crippen LogP contribution >= 0.6 is 11.6 Å². The Morgan fingerprint density at radius 2 is 1.81 bits per heavy atom. The Labute approximate surface area is 162 Å². The number of halogens is 1. The van der Waals surface area contributed by atoms with E-state index in [1.54, 1.807) is 43.3 Å². The van der Waals surface area contributed by atoms with Crippen molar-refractivity contribution in [1.82, 2.24) is 5.32 Å². The van der Waals surface area contributed by atoms with E-state index in [0.717, 1.165) is 5.56 Å². The third-order valence-corrected chi connectivity index (χ3v) is 4.11. The van der Waals surface area contributed by atoms with Gasteiger partial charge in [0.15, 0.2) is 17.5 Å². The molecular formula is C20H20ClNO5. The molecule has 2 N–H and O–H groups in total. The van der Waals surface area contributed by atoms with Crippen LogP contribution in [0.2, 0.25) is 5.02 Å². The smallest absolute Gasteiger partial charge is 0.333 e. The number of hydrogen-bond acceptors (Lipinski definition) is 5. The van der Waals surface area contributed by atoms with Gasteiger partial charge in [0, 0.05) is 10.6 Å². The molecular weight excluding hydrogens is 370 g/mol. The summed E-state index contributed by atoms with van der Waals surface area (Å²) >= 11 is 5.85. The Kier molecular flexibility index (Phi) is 6.85. The number of esters is 1. The zero-order chi connectivity index (χ0) is 20.0. The number of rotatable bonds is 6. The molecule has 27 heavy (non-hydrogen) atoms. The third kappa shape index (κ3) is 5.24. The highest BCUT2D eigenvalue weighted by atomic mass is 35.5. The lowest BCUT2D eigenvalue weighted by atomic mass is 10.0. The maximum atomic E-state index is 12.5. The first-order chi connectivity index (χ1) is 12.8. The summed E-state index contributed by atoms with van der Waals surface area (Å²) in [5, 5.41) is 13.2. The minimum Gasteiger partial charge on any atom is -0.504 e. The first-order valence-corrected chi connectivity index (χ1v) is 8.43. The molecule has 7 heteroatoms. The molecule has 2 aromatic rings. The predicted molar refractivity (Wildman–Crippen MR) is 103 cm³/mol. The van der Waals surface area contributed by atoms with Gasteiger partial charge >= 0.3 is 5.97 Å². The molecule has 0 aliphatic heterocycles. The molecule has 0 radical (unpaired) electrons. The van der Waals surface area contributed by atoms with E-state index in [-0.39, 0.29) is 11.5 Å². The quantitative estimate of drug-likeness (QED) is 0.583. The fourth-order valence-electron chi connectivity index (χ4n) is 2.40. The standard InChI is InChI=1S/C20H20ClNO5/c1-12(10-13-4-7-15(21)8-5-13)19(24)22-18(20(25)27-3)14-6-9-17(26-2)16(23)11-14/h4-11,18,23H,1-3H3,(H,22,24)/b12-10+. The molecule has 0 bridgehead atoms. The van der Waals surface area contributed by atoms with Crippen molar-refractivity contribution in [2.75, 3.05) is 14.2 Å². The van der Waals surface area contributed by atoms with Gasteiger partial charge in [-0.15, -0.1) is 0 Å². The average molecular weight is 390 g/mol. The van der Waals surface area contributed by atoms with Gasteiger partial charge in [-0.1, -0.05) is 29.8 Å². The number of carbonyl (C=O) groups excluding carboxylic acids is 2. The van der Waals surface area contributed by atoms with E-state index >= 15 is 0 Å². The van der Waals surface area contributed by atoms with E-state index in [1.165, 1.54) is 26.4 Å². The van der Waals surface area contributed by atoms with Crippen molar-refractivity contribution in [3.8, 4) is 11.5 Å². The van der Waals surface area contributed by atoms with E-state index < -0.39 is 17.9 Å². The van der Waals surface area contributed by atoms with E-state index in [2.05, 4.69) is 5.32 Å². The van der Waals surface area contributed by atoms with Crippen molar-refractivity contribution >= 4 is 29.6 Å².